The zero-order valence-electron chi connectivity index (χ0n) is 30.2. The van der Waals surface area contributed by atoms with E-state index in [2.05, 4.69) is 11.9 Å². The smallest absolute Gasteiger partial charge is 0.416 e. The quantitative estimate of drug-likeness (QED) is 0.126. The number of aliphatic carboxylic acids is 1. The summed E-state index contributed by atoms with van der Waals surface area (Å²) in [5.74, 6) is -2.82. The van der Waals surface area contributed by atoms with Crippen LogP contribution in [-0.2, 0) is 22.2 Å². The third-order valence-corrected chi connectivity index (χ3v) is 8.40. The molecule has 0 aliphatic heterocycles. The summed E-state index contributed by atoms with van der Waals surface area (Å²) in [4.78, 5) is 53.6. The third-order valence-electron chi connectivity index (χ3n) is 8.40. The highest BCUT2D eigenvalue weighted by Gasteiger charge is 2.34. The van der Waals surface area contributed by atoms with Crippen LogP contribution in [0.1, 0.15) is 44.3 Å². The van der Waals surface area contributed by atoms with E-state index in [4.69, 9.17) is 4.74 Å². The molecule has 280 valence electrons. The SMILES string of the molecule is C=C/C(=C\C=C(/C)CN(CC(=O)O)C(=O)c1ccc(NC(=O)Cc2ccc(OC)cc2C(F)(F)F)cc1)N(C)C(=O)c1ccc(-c2ccc(C)cc2)cc1. The molecule has 3 amide bonds. The Hall–Kier alpha value is -6.43. The minimum Gasteiger partial charge on any atom is -0.497 e. The number of ether oxygens (including phenoxy) is 1. The number of nitrogens with one attached hydrogen (secondary N) is 1. The maximum atomic E-state index is 13.6. The molecule has 12 heteroatoms. The molecule has 0 unspecified atom stereocenters. The molecule has 0 fully saturated rings. The van der Waals surface area contributed by atoms with Crippen molar-refractivity contribution in [3.05, 3.63) is 155 Å². The number of anilines is 1. The molecule has 9 nitrogen and oxygen atoms in total. The summed E-state index contributed by atoms with van der Waals surface area (Å²) in [5.41, 5.74) is 3.82. The lowest BCUT2D eigenvalue weighted by Crippen LogP contribution is -2.36. The molecule has 0 aliphatic rings. The van der Waals surface area contributed by atoms with Crippen molar-refractivity contribution in [3.8, 4) is 16.9 Å². The summed E-state index contributed by atoms with van der Waals surface area (Å²) in [5, 5.41) is 12.1. The predicted molar refractivity (Wildman–Crippen MR) is 201 cm³/mol. The second-order valence-corrected chi connectivity index (χ2v) is 12.5. The highest BCUT2D eigenvalue weighted by atomic mass is 19.4. The number of amides is 3. The van der Waals surface area contributed by atoms with Crippen molar-refractivity contribution in [2.24, 2.45) is 0 Å². The van der Waals surface area contributed by atoms with Crippen LogP contribution in [0.3, 0.4) is 0 Å². The van der Waals surface area contributed by atoms with Crippen LogP contribution in [0, 0.1) is 6.92 Å². The van der Waals surface area contributed by atoms with Crippen LogP contribution < -0.4 is 10.1 Å². The van der Waals surface area contributed by atoms with Gasteiger partial charge in [-0.2, -0.15) is 13.2 Å². The molecule has 0 saturated carbocycles. The Morgan fingerprint density at radius 1 is 0.833 bits per heavy atom. The van der Waals surface area contributed by atoms with Gasteiger partial charge in [0.05, 0.1) is 19.1 Å². The van der Waals surface area contributed by atoms with Gasteiger partial charge in [0.25, 0.3) is 11.8 Å². The van der Waals surface area contributed by atoms with E-state index in [1.165, 1.54) is 54.5 Å². The van der Waals surface area contributed by atoms with E-state index in [0.29, 0.717) is 16.8 Å². The van der Waals surface area contributed by atoms with Gasteiger partial charge in [-0.25, -0.2) is 0 Å². The minimum atomic E-state index is -4.70. The molecule has 4 aromatic carbocycles. The normalized spacial score (nSPS) is 11.8. The number of aryl methyl sites for hydroxylation is 1. The predicted octanol–water partition coefficient (Wildman–Crippen LogP) is 8.19. The second kappa shape index (κ2) is 17.9. The van der Waals surface area contributed by atoms with Crippen molar-refractivity contribution in [1.29, 1.82) is 0 Å². The second-order valence-electron chi connectivity index (χ2n) is 12.5. The van der Waals surface area contributed by atoms with Gasteiger partial charge in [-0.3, -0.25) is 19.2 Å². The van der Waals surface area contributed by atoms with Crippen molar-refractivity contribution in [2.45, 2.75) is 26.4 Å². The van der Waals surface area contributed by atoms with Crippen molar-refractivity contribution in [2.75, 3.05) is 32.6 Å². The number of halogens is 3. The Balaban J connectivity index is 1.42. The van der Waals surface area contributed by atoms with Crippen molar-refractivity contribution in [1.82, 2.24) is 9.80 Å². The van der Waals surface area contributed by atoms with Crippen LogP contribution in [-0.4, -0.2) is 65.8 Å². The van der Waals surface area contributed by atoms with Crippen LogP contribution in [0.5, 0.6) is 5.75 Å². The van der Waals surface area contributed by atoms with E-state index >= 15 is 0 Å². The molecule has 0 aromatic heterocycles. The van der Waals surface area contributed by atoms with Crippen LogP contribution in [0.2, 0.25) is 0 Å². The number of carbonyl (C=O) groups is 4. The van der Waals surface area contributed by atoms with Gasteiger partial charge in [-0.05, 0) is 91.2 Å². The highest BCUT2D eigenvalue weighted by molar-refractivity contribution is 5.98. The summed E-state index contributed by atoms with van der Waals surface area (Å²) in [6, 6.07) is 24.2. The van der Waals surface area contributed by atoms with E-state index in [0.717, 1.165) is 27.7 Å². The standard InChI is InChI=1S/C42H40F3N3O6/c1-6-35(47(4)40(52)31-14-12-30(13-15-31)29-10-7-27(2)8-11-29)21-9-28(3)25-48(26-39(50)51)41(53)32-16-19-34(20-17-32)46-38(49)23-33-18-22-36(54-5)24-37(33)42(43,44)45/h6-22,24H,1,23,25-26H2,2-5H3,(H,46,49)(H,50,51)/b28-9+,35-21+. The number of nitrogens with zero attached hydrogens (tertiary/aromatic N) is 2. The molecule has 0 heterocycles. The third kappa shape index (κ3) is 10.8. The van der Waals surface area contributed by atoms with E-state index < -0.39 is 42.5 Å². The van der Waals surface area contributed by atoms with Crippen molar-refractivity contribution >= 4 is 29.4 Å². The number of carboxylic acids is 1. The Morgan fingerprint density at radius 2 is 1.41 bits per heavy atom. The lowest BCUT2D eigenvalue weighted by molar-refractivity contribution is -0.139. The van der Waals surface area contributed by atoms with Gasteiger partial charge in [0.1, 0.15) is 12.3 Å². The van der Waals surface area contributed by atoms with Gasteiger partial charge < -0.3 is 25.0 Å². The first-order valence-electron chi connectivity index (χ1n) is 16.7. The molecular weight excluding hydrogens is 699 g/mol. The number of hydrogen-bond donors (Lipinski definition) is 2. The average Bonchev–Trinajstić information content (AvgIpc) is 3.14. The Bertz CT molecular complexity index is 2070. The number of likely N-dealkylation sites (N-methyl/N-ethyl adjacent to an activating group) is 1. The fourth-order valence-electron chi connectivity index (χ4n) is 5.48. The van der Waals surface area contributed by atoms with Crippen LogP contribution in [0.15, 0.2) is 127 Å². The highest BCUT2D eigenvalue weighted by Crippen LogP contribution is 2.35. The van der Waals surface area contributed by atoms with E-state index in [1.54, 1.807) is 38.3 Å². The first-order chi connectivity index (χ1) is 25.6. The Morgan fingerprint density at radius 3 is 1.96 bits per heavy atom. The molecule has 0 radical (unpaired) electrons. The maximum absolute atomic E-state index is 13.6. The lowest BCUT2D eigenvalue weighted by Gasteiger charge is -2.22. The largest absolute Gasteiger partial charge is 0.497 e. The van der Waals surface area contributed by atoms with Crippen LogP contribution >= 0.6 is 0 Å². The number of methoxy groups -OCH3 is 1. The van der Waals surface area contributed by atoms with Gasteiger partial charge in [0.15, 0.2) is 0 Å². The monoisotopic (exact) mass is 739 g/mol. The summed E-state index contributed by atoms with van der Waals surface area (Å²) < 4.78 is 45.6. The molecule has 0 bridgehead atoms. The summed E-state index contributed by atoms with van der Waals surface area (Å²) >= 11 is 0. The van der Waals surface area contributed by atoms with Gasteiger partial charge in [-0.1, -0.05) is 66.3 Å². The molecule has 0 spiro atoms. The van der Waals surface area contributed by atoms with E-state index in [9.17, 15) is 37.5 Å². The van der Waals surface area contributed by atoms with Gasteiger partial charge in [0.2, 0.25) is 5.91 Å². The summed E-state index contributed by atoms with van der Waals surface area (Å²) in [6.45, 7) is 6.87. The van der Waals surface area contributed by atoms with Crippen molar-refractivity contribution in [3.63, 3.8) is 0 Å². The van der Waals surface area contributed by atoms with Crippen molar-refractivity contribution < 1.29 is 42.2 Å². The first-order valence-corrected chi connectivity index (χ1v) is 16.7. The number of alkyl halides is 3. The number of rotatable bonds is 14. The molecule has 4 aromatic rings. The summed E-state index contributed by atoms with van der Waals surface area (Å²) in [6.07, 6.45) is -0.447. The molecule has 0 aliphatic carbocycles. The summed E-state index contributed by atoms with van der Waals surface area (Å²) in [7, 11) is 2.85. The molecule has 0 saturated heterocycles. The van der Waals surface area contributed by atoms with E-state index in [-0.39, 0.29) is 35.0 Å². The first kappa shape index (κ1) is 40.3. The van der Waals surface area contributed by atoms with Gasteiger partial charge in [0, 0.05) is 36.1 Å². The molecule has 0 atom stereocenters. The number of hydrogen-bond acceptors (Lipinski definition) is 5. The molecule has 2 N–H and O–H groups in total. The lowest BCUT2D eigenvalue weighted by atomic mass is 10.0. The van der Waals surface area contributed by atoms with Crippen LogP contribution in [0.25, 0.3) is 11.1 Å². The fraction of sp³-hybridized carbons (Fsp3) is 0.190. The van der Waals surface area contributed by atoms with Gasteiger partial charge >= 0.3 is 12.1 Å². The topological polar surface area (TPSA) is 116 Å². The minimum absolute atomic E-state index is 0.00316. The number of carboxylic acid groups (broad SMARTS) is 1. The molecule has 4 rings (SSSR count). The Kier molecular flexibility index (Phi) is 13.3. The zero-order valence-corrected chi connectivity index (χ0v) is 30.2. The fourth-order valence-corrected chi connectivity index (χ4v) is 5.48. The maximum Gasteiger partial charge on any atom is 0.416 e. The van der Waals surface area contributed by atoms with Crippen LogP contribution in [0.4, 0.5) is 18.9 Å². The average molecular weight is 740 g/mol. The molecular formula is C42H40F3N3O6. The number of allylic oxidation sites excluding steroid dienone is 3. The zero-order chi connectivity index (χ0) is 39.6. The molecule has 54 heavy (non-hydrogen) atoms. The van der Waals surface area contributed by atoms with Gasteiger partial charge in [-0.15, -0.1) is 0 Å². The Labute approximate surface area is 311 Å². The van der Waals surface area contributed by atoms with E-state index in [1.807, 2.05) is 43.3 Å². The number of carbonyl (C=O) groups excluding carboxylic acids is 3. The number of benzene rings is 4.